The molecule has 0 saturated carbocycles. The van der Waals surface area contributed by atoms with E-state index in [1.165, 1.54) is 0 Å². The zero-order valence-electron chi connectivity index (χ0n) is 9.40. The molecular formula is C12H12N4O. The van der Waals surface area contributed by atoms with E-state index >= 15 is 0 Å². The standard InChI is InChI=1S/C12H12N4O/c1-16-10-3-2-7(4-8(10)5-12(16)17)9-6-11(13)15-14-9/h2-4,6H,5H2,1H3,(H3,13,14,15). The van der Waals surface area contributed by atoms with Crippen LogP contribution in [0, 0.1) is 0 Å². The highest BCUT2D eigenvalue weighted by Crippen LogP contribution is 2.31. The SMILES string of the molecule is CN1C(=O)Cc2cc(-c3cc(N)n[nH]3)ccc21. The quantitative estimate of drug-likeness (QED) is 0.769. The molecule has 17 heavy (non-hydrogen) atoms. The number of hydrogen-bond donors (Lipinski definition) is 2. The third kappa shape index (κ3) is 1.47. The van der Waals surface area contributed by atoms with Gasteiger partial charge in [-0.05, 0) is 17.7 Å². The molecule has 0 unspecified atom stereocenters. The molecule has 0 fully saturated rings. The first-order valence-electron chi connectivity index (χ1n) is 5.36. The average Bonchev–Trinajstić information content (AvgIpc) is 2.85. The van der Waals surface area contributed by atoms with Crippen LogP contribution in [0.25, 0.3) is 11.3 Å². The highest BCUT2D eigenvalue weighted by molar-refractivity contribution is 6.01. The van der Waals surface area contributed by atoms with Gasteiger partial charge in [-0.25, -0.2) is 0 Å². The summed E-state index contributed by atoms with van der Waals surface area (Å²) >= 11 is 0. The van der Waals surface area contributed by atoms with Gasteiger partial charge in [0.25, 0.3) is 0 Å². The third-order valence-electron chi connectivity index (χ3n) is 3.07. The number of fused-ring (bicyclic) bond motifs is 1. The number of H-pyrrole nitrogens is 1. The summed E-state index contributed by atoms with van der Waals surface area (Å²) in [6.45, 7) is 0. The van der Waals surface area contributed by atoms with Crippen molar-refractivity contribution in [1.82, 2.24) is 10.2 Å². The summed E-state index contributed by atoms with van der Waals surface area (Å²) in [5.41, 5.74) is 9.45. The van der Waals surface area contributed by atoms with Crippen LogP contribution in [0.4, 0.5) is 11.5 Å². The first-order chi connectivity index (χ1) is 8.15. The van der Waals surface area contributed by atoms with Crippen molar-refractivity contribution >= 4 is 17.4 Å². The molecule has 2 heterocycles. The molecule has 0 aliphatic carbocycles. The summed E-state index contributed by atoms with van der Waals surface area (Å²) in [5.74, 6) is 0.593. The molecular weight excluding hydrogens is 216 g/mol. The lowest BCUT2D eigenvalue weighted by Gasteiger charge is -2.09. The Kier molecular flexibility index (Phi) is 1.95. The third-order valence-corrected chi connectivity index (χ3v) is 3.07. The Morgan fingerprint density at radius 1 is 1.41 bits per heavy atom. The number of amides is 1. The summed E-state index contributed by atoms with van der Waals surface area (Å²) in [6, 6.07) is 7.69. The predicted octanol–water partition coefficient (Wildman–Crippen LogP) is 1.18. The summed E-state index contributed by atoms with van der Waals surface area (Å²) in [4.78, 5) is 13.2. The van der Waals surface area contributed by atoms with Crippen molar-refractivity contribution in [3.05, 3.63) is 29.8 Å². The van der Waals surface area contributed by atoms with Crippen LogP contribution in [0.1, 0.15) is 5.56 Å². The van der Waals surface area contributed by atoms with Crippen LogP contribution in [0.5, 0.6) is 0 Å². The van der Waals surface area contributed by atoms with Gasteiger partial charge >= 0.3 is 0 Å². The highest BCUT2D eigenvalue weighted by Gasteiger charge is 2.24. The molecule has 0 spiro atoms. The first kappa shape index (κ1) is 9.89. The smallest absolute Gasteiger partial charge is 0.231 e. The van der Waals surface area contributed by atoms with Gasteiger partial charge in [-0.3, -0.25) is 9.89 Å². The molecule has 0 atom stereocenters. The molecule has 3 N–H and O–H groups in total. The van der Waals surface area contributed by atoms with Crippen LogP contribution in [-0.4, -0.2) is 23.2 Å². The zero-order chi connectivity index (χ0) is 12.0. The minimum absolute atomic E-state index is 0.126. The van der Waals surface area contributed by atoms with E-state index in [2.05, 4.69) is 10.2 Å². The van der Waals surface area contributed by atoms with Crippen molar-refractivity contribution in [1.29, 1.82) is 0 Å². The van der Waals surface area contributed by atoms with Crippen LogP contribution < -0.4 is 10.6 Å². The monoisotopic (exact) mass is 228 g/mol. The Hall–Kier alpha value is -2.30. The number of carbonyl (C=O) groups is 1. The summed E-state index contributed by atoms with van der Waals surface area (Å²) < 4.78 is 0. The van der Waals surface area contributed by atoms with Gasteiger partial charge in [-0.2, -0.15) is 5.10 Å². The van der Waals surface area contributed by atoms with Crippen molar-refractivity contribution in [3.63, 3.8) is 0 Å². The molecule has 0 saturated heterocycles. The minimum atomic E-state index is 0.126. The van der Waals surface area contributed by atoms with Crippen molar-refractivity contribution in [2.24, 2.45) is 0 Å². The molecule has 1 amide bonds. The minimum Gasteiger partial charge on any atom is -0.382 e. The molecule has 1 aromatic heterocycles. The Morgan fingerprint density at radius 3 is 2.94 bits per heavy atom. The number of nitrogens with one attached hydrogen (secondary N) is 1. The lowest BCUT2D eigenvalue weighted by molar-refractivity contribution is -0.117. The zero-order valence-corrected chi connectivity index (χ0v) is 9.40. The second kappa shape index (κ2) is 3.35. The number of aromatic amines is 1. The normalized spacial score (nSPS) is 14.2. The van der Waals surface area contributed by atoms with E-state index < -0.39 is 0 Å². The molecule has 3 rings (SSSR count). The van der Waals surface area contributed by atoms with E-state index in [0.29, 0.717) is 12.2 Å². The number of nitrogens with zero attached hydrogens (tertiary/aromatic N) is 2. The molecule has 1 aliphatic heterocycles. The highest BCUT2D eigenvalue weighted by atomic mass is 16.2. The molecule has 1 aromatic carbocycles. The molecule has 0 bridgehead atoms. The Labute approximate surface area is 98.2 Å². The lowest BCUT2D eigenvalue weighted by atomic mass is 10.1. The largest absolute Gasteiger partial charge is 0.382 e. The molecule has 86 valence electrons. The fraction of sp³-hybridized carbons (Fsp3) is 0.167. The van der Waals surface area contributed by atoms with E-state index in [1.54, 1.807) is 18.0 Å². The number of likely N-dealkylation sites (N-methyl/N-ethyl adjacent to an activating group) is 1. The number of rotatable bonds is 1. The van der Waals surface area contributed by atoms with Crippen molar-refractivity contribution in [2.75, 3.05) is 17.7 Å². The van der Waals surface area contributed by atoms with Crippen LogP contribution in [0.2, 0.25) is 0 Å². The van der Waals surface area contributed by atoms with Crippen molar-refractivity contribution in [3.8, 4) is 11.3 Å². The number of carbonyl (C=O) groups excluding carboxylic acids is 1. The molecule has 5 heteroatoms. The van der Waals surface area contributed by atoms with Crippen LogP contribution in [0.15, 0.2) is 24.3 Å². The Bertz CT molecular complexity index is 602. The Balaban J connectivity index is 2.06. The number of aromatic nitrogens is 2. The fourth-order valence-corrected chi connectivity index (χ4v) is 2.12. The first-order valence-corrected chi connectivity index (χ1v) is 5.36. The van der Waals surface area contributed by atoms with Crippen molar-refractivity contribution < 1.29 is 4.79 Å². The van der Waals surface area contributed by atoms with Crippen LogP contribution in [0.3, 0.4) is 0 Å². The molecule has 2 aromatic rings. The van der Waals surface area contributed by atoms with Gasteiger partial charge in [0.15, 0.2) is 0 Å². The number of hydrogen-bond acceptors (Lipinski definition) is 3. The van der Waals surface area contributed by atoms with Crippen molar-refractivity contribution in [2.45, 2.75) is 6.42 Å². The predicted molar refractivity (Wildman–Crippen MR) is 65.6 cm³/mol. The number of nitrogen functional groups attached to an aromatic ring is 1. The Morgan fingerprint density at radius 2 is 2.24 bits per heavy atom. The second-order valence-corrected chi connectivity index (χ2v) is 4.18. The van der Waals surface area contributed by atoms with Gasteiger partial charge in [-0.1, -0.05) is 6.07 Å². The van der Waals surface area contributed by atoms with Gasteiger partial charge < -0.3 is 10.6 Å². The van der Waals surface area contributed by atoms with E-state index in [0.717, 1.165) is 22.5 Å². The maximum absolute atomic E-state index is 11.6. The van der Waals surface area contributed by atoms with E-state index in [1.807, 2.05) is 18.2 Å². The number of nitrogens with two attached hydrogens (primary N) is 1. The molecule has 0 radical (unpaired) electrons. The second-order valence-electron chi connectivity index (χ2n) is 4.18. The molecule has 1 aliphatic rings. The average molecular weight is 228 g/mol. The fourth-order valence-electron chi connectivity index (χ4n) is 2.12. The maximum Gasteiger partial charge on any atom is 0.231 e. The lowest BCUT2D eigenvalue weighted by Crippen LogP contribution is -2.20. The van der Waals surface area contributed by atoms with Gasteiger partial charge in [0.2, 0.25) is 5.91 Å². The maximum atomic E-state index is 11.6. The summed E-state index contributed by atoms with van der Waals surface area (Å²) in [7, 11) is 1.79. The summed E-state index contributed by atoms with van der Waals surface area (Å²) in [5, 5.41) is 6.75. The van der Waals surface area contributed by atoms with Gasteiger partial charge in [-0.15, -0.1) is 0 Å². The van der Waals surface area contributed by atoms with Gasteiger partial charge in [0.1, 0.15) is 5.82 Å². The van der Waals surface area contributed by atoms with E-state index in [9.17, 15) is 4.79 Å². The summed E-state index contributed by atoms with van der Waals surface area (Å²) in [6.07, 6.45) is 0.462. The topological polar surface area (TPSA) is 75.0 Å². The van der Waals surface area contributed by atoms with E-state index in [-0.39, 0.29) is 5.91 Å². The van der Waals surface area contributed by atoms with Gasteiger partial charge in [0, 0.05) is 24.4 Å². The molecule has 5 nitrogen and oxygen atoms in total. The van der Waals surface area contributed by atoms with Gasteiger partial charge in [0.05, 0.1) is 12.1 Å². The van der Waals surface area contributed by atoms with Crippen LogP contribution in [-0.2, 0) is 11.2 Å². The van der Waals surface area contributed by atoms with E-state index in [4.69, 9.17) is 5.73 Å². The number of benzene rings is 1. The number of anilines is 2. The van der Waals surface area contributed by atoms with Crippen LogP contribution >= 0.6 is 0 Å².